The van der Waals surface area contributed by atoms with Crippen molar-refractivity contribution in [3.63, 3.8) is 0 Å². The highest BCUT2D eigenvalue weighted by molar-refractivity contribution is 5.94. The molecule has 118 valence electrons. The topological polar surface area (TPSA) is 97.0 Å². The van der Waals surface area contributed by atoms with Crippen LogP contribution in [0.2, 0.25) is 0 Å². The number of hydrogen-bond acceptors (Lipinski definition) is 6. The summed E-state index contributed by atoms with van der Waals surface area (Å²) in [6, 6.07) is 11.1. The van der Waals surface area contributed by atoms with Crippen molar-refractivity contribution in [1.82, 2.24) is 15.0 Å². The second kappa shape index (κ2) is 5.62. The third kappa shape index (κ3) is 2.32. The van der Waals surface area contributed by atoms with E-state index in [0.717, 1.165) is 17.1 Å². The molecule has 0 aliphatic carbocycles. The maximum atomic E-state index is 11.5. The molecule has 7 heteroatoms. The Labute approximate surface area is 138 Å². The molecule has 0 fully saturated rings. The summed E-state index contributed by atoms with van der Waals surface area (Å²) in [4.78, 5) is 26.4. The van der Waals surface area contributed by atoms with Crippen LogP contribution in [-0.4, -0.2) is 20.9 Å². The minimum absolute atomic E-state index is 0.272. The van der Waals surface area contributed by atoms with Gasteiger partial charge < -0.3 is 11.1 Å². The summed E-state index contributed by atoms with van der Waals surface area (Å²) in [6.45, 7) is 0. The van der Waals surface area contributed by atoms with Gasteiger partial charge in [0.15, 0.2) is 6.17 Å². The van der Waals surface area contributed by atoms with E-state index in [1.807, 2.05) is 29.2 Å². The van der Waals surface area contributed by atoms with Gasteiger partial charge in [-0.1, -0.05) is 12.1 Å². The van der Waals surface area contributed by atoms with E-state index >= 15 is 0 Å². The molecule has 1 aliphatic heterocycles. The first-order valence-corrected chi connectivity index (χ1v) is 7.40. The van der Waals surface area contributed by atoms with E-state index in [0.29, 0.717) is 11.4 Å². The highest BCUT2D eigenvalue weighted by Crippen LogP contribution is 2.44. The molecule has 1 amide bonds. The van der Waals surface area contributed by atoms with Gasteiger partial charge in [0, 0.05) is 24.2 Å². The first-order valence-electron chi connectivity index (χ1n) is 7.40. The molecular formula is C17H14N6O. The van der Waals surface area contributed by atoms with E-state index in [9.17, 15) is 4.79 Å². The minimum Gasteiger partial charge on any atom is -0.366 e. The van der Waals surface area contributed by atoms with Crippen LogP contribution in [0.1, 0.15) is 22.2 Å². The number of hydrogen-bond donors (Lipinski definition) is 2. The Kier molecular flexibility index (Phi) is 3.31. The van der Waals surface area contributed by atoms with Gasteiger partial charge >= 0.3 is 0 Å². The van der Waals surface area contributed by atoms with Gasteiger partial charge in [0.1, 0.15) is 11.5 Å². The largest absolute Gasteiger partial charge is 0.366 e. The highest BCUT2D eigenvalue weighted by atomic mass is 16.1. The van der Waals surface area contributed by atoms with Crippen LogP contribution in [0, 0.1) is 0 Å². The van der Waals surface area contributed by atoms with E-state index in [1.54, 1.807) is 36.9 Å². The summed E-state index contributed by atoms with van der Waals surface area (Å²) in [5, 5.41) is 3.42. The summed E-state index contributed by atoms with van der Waals surface area (Å²) >= 11 is 0. The molecular weight excluding hydrogens is 304 g/mol. The lowest BCUT2D eigenvalue weighted by Gasteiger charge is -2.25. The zero-order chi connectivity index (χ0) is 16.5. The lowest BCUT2D eigenvalue weighted by atomic mass is 10.2. The molecule has 3 heterocycles. The quantitative estimate of drug-likeness (QED) is 0.768. The fourth-order valence-corrected chi connectivity index (χ4v) is 2.77. The van der Waals surface area contributed by atoms with Crippen LogP contribution < -0.4 is 16.0 Å². The number of benzene rings is 1. The standard InChI is InChI=1S/C17H14N6O/c18-16(24)11-5-6-21-15(9-11)23-14-4-2-1-3-12(14)22-17(23)13-10-19-7-8-20-13/h1-10,17,22H,(H2,18,24). The van der Waals surface area contributed by atoms with E-state index in [1.165, 1.54) is 0 Å². The zero-order valence-electron chi connectivity index (χ0n) is 12.6. The van der Waals surface area contributed by atoms with Gasteiger partial charge in [-0.2, -0.15) is 0 Å². The van der Waals surface area contributed by atoms with E-state index in [-0.39, 0.29) is 6.17 Å². The Morgan fingerprint density at radius 2 is 2.00 bits per heavy atom. The first-order chi connectivity index (χ1) is 11.7. The number of carbonyl (C=O) groups excluding carboxylic acids is 1. The average molecular weight is 318 g/mol. The van der Waals surface area contributed by atoms with Gasteiger partial charge in [-0.3, -0.25) is 19.7 Å². The van der Waals surface area contributed by atoms with Crippen LogP contribution in [0.25, 0.3) is 0 Å². The van der Waals surface area contributed by atoms with Crippen LogP contribution >= 0.6 is 0 Å². The smallest absolute Gasteiger partial charge is 0.248 e. The molecule has 0 spiro atoms. The number of nitrogens with one attached hydrogen (secondary N) is 1. The lowest BCUT2D eigenvalue weighted by Crippen LogP contribution is -2.25. The molecule has 4 rings (SSSR count). The van der Waals surface area contributed by atoms with Crippen LogP contribution in [0.3, 0.4) is 0 Å². The van der Waals surface area contributed by atoms with Crippen molar-refractivity contribution >= 4 is 23.1 Å². The molecule has 3 aromatic rings. The number of para-hydroxylation sites is 2. The molecule has 0 bridgehead atoms. The predicted octanol–water partition coefficient (Wildman–Crippen LogP) is 2.23. The average Bonchev–Trinajstić information content (AvgIpc) is 3.02. The minimum atomic E-state index is -0.491. The Morgan fingerprint density at radius 1 is 1.12 bits per heavy atom. The second-order valence-corrected chi connectivity index (χ2v) is 5.33. The molecule has 0 saturated heterocycles. The van der Waals surface area contributed by atoms with Crippen molar-refractivity contribution < 1.29 is 4.79 Å². The van der Waals surface area contributed by atoms with Crippen molar-refractivity contribution in [3.8, 4) is 0 Å². The molecule has 24 heavy (non-hydrogen) atoms. The Morgan fingerprint density at radius 3 is 2.79 bits per heavy atom. The molecule has 1 atom stereocenters. The summed E-state index contributed by atoms with van der Waals surface area (Å²) in [5.74, 6) is 0.120. The fraction of sp³-hybridized carbons (Fsp3) is 0.0588. The van der Waals surface area contributed by atoms with E-state index in [4.69, 9.17) is 5.73 Å². The number of primary amides is 1. The third-order valence-corrected chi connectivity index (χ3v) is 3.85. The maximum Gasteiger partial charge on any atom is 0.248 e. The number of nitrogens with two attached hydrogens (primary N) is 1. The lowest BCUT2D eigenvalue weighted by molar-refractivity contribution is 0.1000. The van der Waals surface area contributed by atoms with Crippen LogP contribution in [0.4, 0.5) is 17.2 Å². The number of rotatable bonds is 3. The molecule has 1 aromatic carbocycles. The fourth-order valence-electron chi connectivity index (χ4n) is 2.77. The summed E-state index contributed by atoms with van der Waals surface area (Å²) in [5.41, 5.74) is 8.46. The third-order valence-electron chi connectivity index (χ3n) is 3.85. The Bertz CT molecular complexity index is 898. The zero-order valence-corrected chi connectivity index (χ0v) is 12.6. The van der Waals surface area contributed by atoms with Gasteiger partial charge in [0.25, 0.3) is 0 Å². The number of carbonyl (C=O) groups is 1. The number of nitrogens with zero attached hydrogens (tertiary/aromatic N) is 4. The Hall–Kier alpha value is -3.48. The van der Waals surface area contributed by atoms with Crippen LogP contribution in [0.5, 0.6) is 0 Å². The van der Waals surface area contributed by atoms with Gasteiger partial charge in [-0.25, -0.2) is 4.98 Å². The first kappa shape index (κ1) is 14.1. The van der Waals surface area contributed by atoms with Crippen LogP contribution in [-0.2, 0) is 0 Å². The molecule has 3 N–H and O–H groups in total. The summed E-state index contributed by atoms with van der Waals surface area (Å²) < 4.78 is 0. The SMILES string of the molecule is NC(=O)c1ccnc(N2c3ccccc3NC2c2cnccn2)c1. The van der Waals surface area contributed by atoms with Gasteiger partial charge in [-0.15, -0.1) is 0 Å². The molecule has 7 nitrogen and oxygen atoms in total. The molecule has 1 unspecified atom stereocenters. The van der Waals surface area contributed by atoms with Crippen molar-refractivity contribution in [2.75, 3.05) is 10.2 Å². The molecule has 2 aromatic heterocycles. The summed E-state index contributed by atoms with van der Waals surface area (Å²) in [7, 11) is 0. The molecule has 0 radical (unpaired) electrons. The number of aromatic nitrogens is 3. The summed E-state index contributed by atoms with van der Waals surface area (Å²) in [6.07, 6.45) is 6.28. The molecule has 1 aliphatic rings. The maximum absolute atomic E-state index is 11.5. The number of fused-ring (bicyclic) bond motifs is 1. The number of amides is 1. The van der Waals surface area contributed by atoms with Gasteiger partial charge in [-0.05, 0) is 24.3 Å². The number of anilines is 3. The molecule has 0 saturated carbocycles. The monoisotopic (exact) mass is 318 g/mol. The van der Waals surface area contributed by atoms with Crippen molar-refractivity contribution in [3.05, 3.63) is 72.4 Å². The highest BCUT2D eigenvalue weighted by Gasteiger charge is 2.33. The van der Waals surface area contributed by atoms with Gasteiger partial charge in [0.2, 0.25) is 5.91 Å². The normalized spacial score (nSPS) is 15.7. The number of pyridine rings is 1. The van der Waals surface area contributed by atoms with Crippen molar-refractivity contribution in [2.45, 2.75) is 6.17 Å². The van der Waals surface area contributed by atoms with Gasteiger partial charge in [0.05, 0.1) is 17.6 Å². The van der Waals surface area contributed by atoms with Crippen LogP contribution in [0.15, 0.2) is 61.2 Å². The Balaban J connectivity index is 1.85. The predicted molar refractivity (Wildman–Crippen MR) is 89.7 cm³/mol. The van der Waals surface area contributed by atoms with E-state index < -0.39 is 5.91 Å². The second-order valence-electron chi connectivity index (χ2n) is 5.33. The van der Waals surface area contributed by atoms with E-state index in [2.05, 4.69) is 20.3 Å². The van der Waals surface area contributed by atoms with Crippen molar-refractivity contribution in [1.29, 1.82) is 0 Å². The van der Waals surface area contributed by atoms with Crippen molar-refractivity contribution in [2.24, 2.45) is 5.73 Å².